The molecule has 1 fully saturated rings. The van der Waals surface area contributed by atoms with Crippen LogP contribution in [-0.4, -0.2) is 41.5 Å². The van der Waals surface area contributed by atoms with E-state index in [1.54, 1.807) is 18.1 Å². The molecule has 18 heavy (non-hydrogen) atoms. The number of carbonyl (C=O) groups excluding carboxylic acids is 2. The number of aromatic nitrogens is 1. The lowest BCUT2D eigenvalue weighted by Crippen LogP contribution is -2.32. The lowest BCUT2D eigenvalue weighted by molar-refractivity contribution is -0.131. The molecule has 1 saturated carbocycles. The Balaban J connectivity index is 2.12. The average Bonchev–Trinajstić information content (AvgIpc) is 3.12. The fourth-order valence-electron chi connectivity index (χ4n) is 1.86. The number of nitrogens with zero attached hydrogens (tertiary/aromatic N) is 2. The van der Waals surface area contributed by atoms with Crippen molar-refractivity contribution < 1.29 is 14.3 Å². The number of methoxy groups -OCH3 is 1. The highest BCUT2D eigenvalue weighted by atomic mass is 16.5. The molecule has 6 nitrogen and oxygen atoms in total. The first-order chi connectivity index (χ1) is 8.52. The maximum atomic E-state index is 12.0. The number of ether oxygens (including phenoxy) is 1. The largest absolute Gasteiger partial charge is 0.464 e. The van der Waals surface area contributed by atoms with Gasteiger partial charge in [-0.2, -0.15) is 0 Å². The van der Waals surface area contributed by atoms with E-state index >= 15 is 0 Å². The Morgan fingerprint density at radius 1 is 1.56 bits per heavy atom. The number of nitrogen functional groups attached to an aromatic ring is 1. The number of likely N-dealkylation sites (N-methyl/N-ethyl adjacent to an activating group) is 1. The molecule has 1 aromatic heterocycles. The van der Waals surface area contributed by atoms with Crippen LogP contribution >= 0.6 is 0 Å². The molecule has 0 saturated heterocycles. The van der Waals surface area contributed by atoms with Crippen LogP contribution in [-0.2, 0) is 16.1 Å². The van der Waals surface area contributed by atoms with Crippen molar-refractivity contribution in [2.45, 2.75) is 25.4 Å². The van der Waals surface area contributed by atoms with Crippen LogP contribution in [0, 0.1) is 0 Å². The van der Waals surface area contributed by atoms with Crippen molar-refractivity contribution in [1.82, 2.24) is 9.47 Å². The maximum absolute atomic E-state index is 12.0. The molecule has 0 radical (unpaired) electrons. The Morgan fingerprint density at radius 3 is 2.78 bits per heavy atom. The molecule has 98 valence electrons. The zero-order valence-electron chi connectivity index (χ0n) is 10.5. The molecule has 2 rings (SSSR count). The van der Waals surface area contributed by atoms with Crippen LogP contribution in [0.15, 0.2) is 12.3 Å². The first kappa shape index (κ1) is 12.5. The summed E-state index contributed by atoms with van der Waals surface area (Å²) in [7, 11) is 3.08. The number of amides is 1. The second-order valence-electron chi connectivity index (χ2n) is 4.51. The Hall–Kier alpha value is -1.98. The van der Waals surface area contributed by atoms with Gasteiger partial charge in [0.05, 0.1) is 12.8 Å². The van der Waals surface area contributed by atoms with Crippen LogP contribution < -0.4 is 5.73 Å². The van der Waals surface area contributed by atoms with E-state index in [0.29, 0.717) is 17.4 Å². The Bertz CT molecular complexity index is 477. The predicted molar refractivity (Wildman–Crippen MR) is 66.0 cm³/mol. The standard InChI is InChI=1S/C12H17N3O3/c1-14(9-3-4-9)11(16)7-15-6-8(13)5-10(15)12(17)18-2/h5-6,9H,3-4,7,13H2,1-2H3. The van der Waals surface area contributed by atoms with E-state index in [1.807, 2.05) is 0 Å². The Morgan fingerprint density at radius 2 is 2.22 bits per heavy atom. The number of hydrogen-bond acceptors (Lipinski definition) is 4. The summed E-state index contributed by atoms with van der Waals surface area (Å²) in [5.41, 5.74) is 6.38. The quantitative estimate of drug-likeness (QED) is 0.789. The number of esters is 1. The third-order valence-electron chi connectivity index (χ3n) is 3.11. The van der Waals surface area contributed by atoms with Gasteiger partial charge in [-0.1, -0.05) is 0 Å². The van der Waals surface area contributed by atoms with Crippen molar-refractivity contribution in [3.63, 3.8) is 0 Å². The van der Waals surface area contributed by atoms with Gasteiger partial charge in [-0.3, -0.25) is 4.79 Å². The van der Waals surface area contributed by atoms with Crippen LogP contribution in [0.1, 0.15) is 23.3 Å². The lowest BCUT2D eigenvalue weighted by Gasteiger charge is -2.17. The summed E-state index contributed by atoms with van der Waals surface area (Å²) in [4.78, 5) is 25.2. The first-order valence-corrected chi connectivity index (χ1v) is 5.82. The minimum absolute atomic E-state index is 0.0294. The van der Waals surface area contributed by atoms with Gasteiger partial charge in [0, 0.05) is 19.3 Å². The van der Waals surface area contributed by atoms with E-state index in [-0.39, 0.29) is 12.5 Å². The smallest absolute Gasteiger partial charge is 0.354 e. The van der Waals surface area contributed by atoms with E-state index in [4.69, 9.17) is 5.73 Å². The van der Waals surface area contributed by atoms with Gasteiger partial charge in [0.15, 0.2) is 0 Å². The molecule has 1 aliphatic carbocycles. The van der Waals surface area contributed by atoms with Gasteiger partial charge in [-0.25, -0.2) is 4.79 Å². The minimum Gasteiger partial charge on any atom is -0.464 e. The van der Waals surface area contributed by atoms with Crippen LogP contribution in [0.3, 0.4) is 0 Å². The fourth-order valence-corrected chi connectivity index (χ4v) is 1.86. The summed E-state index contributed by atoms with van der Waals surface area (Å²) in [6, 6.07) is 1.86. The molecule has 0 aliphatic heterocycles. The van der Waals surface area contributed by atoms with E-state index in [9.17, 15) is 9.59 Å². The normalized spacial score (nSPS) is 14.3. The first-order valence-electron chi connectivity index (χ1n) is 5.82. The number of carbonyl (C=O) groups is 2. The molecule has 0 unspecified atom stereocenters. The summed E-state index contributed by atoms with van der Waals surface area (Å²) >= 11 is 0. The van der Waals surface area contributed by atoms with Gasteiger partial charge < -0.3 is 19.9 Å². The minimum atomic E-state index is -0.492. The SMILES string of the molecule is COC(=O)c1cc(N)cn1CC(=O)N(C)C1CC1. The maximum Gasteiger partial charge on any atom is 0.354 e. The second-order valence-corrected chi connectivity index (χ2v) is 4.51. The van der Waals surface area contributed by atoms with Crippen LogP contribution in [0.4, 0.5) is 5.69 Å². The summed E-state index contributed by atoms with van der Waals surface area (Å²) in [6.07, 6.45) is 3.69. The fraction of sp³-hybridized carbons (Fsp3) is 0.500. The summed E-state index contributed by atoms with van der Waals surface area (Å²) in [6.45, 7) is 0.106. The molecular weight excluding hydrogens is 234 g/mol. The Labute approximate surface area is 105 Å². The number of hydrogen-bond donors (Lipinski definition) is 1. The highest BCUT2D eigenvalue weighted by Gasteiger charge is 2.30. The highest BCUT2D eigenvalue weighted by Crippen LogP contribution is 2.25. The van der Waals surface area contributed by atoms with E-state index in [2.05, 4.69) is 4.74 Å². The molecule has 1 heterocycles. The molecule has 1 aromatic rings. The van der Waals surface area contributed by atoms with Gasteiger partial charge in [0.2, 0.25) is 5.91 Å². The van der Waals surface area contributed by atoms with Crippen LogP contribution in [0.2, 0.25) is 0 Å². The van der Waals surface area contributed by atoms with Gasteiger partial charge in [0.25, 0.3) is 0 Å². The van der Waals surface area contributed by atoms with Crippen molar-refractivity contribution >= 4 is 17.6 Å². The van der Waals surface area contributed by atoms with E-state index < -0.39 is 5.97 Å². The lowest BCUT2D eigenvalue weighted by atomic mass is 10.4. The van der Waals surface area contributed by atoms with Gasteiger partial charge >= 0.3 is 5.97 Å². The summed E-state index contributed by atoms with van der Waals surface area (Å²) < 4.78 is 6.18. The molecule has 0 bridgehead atoms. The van der Waals surface area contributed by atoms with Crippen LogP contribution in [0.5, 0.6) is 0 Å². The molecule has 1 aliphatic rings. The summed E-state index contributed by atoms with van der Waals surface area (Å²) in [5.74, 6) is -0.521. The van der Waals surface area contributed by atoms with Crippen molar-refractivity contribution in [3.8, 4) is 0 Å². The molecule has 0 spiro atoms. The van der Waals surface area contributed by atoms with E-state index in [0.717, 1.165) is 12.8 Å². The molecule has 6 heteroatoms. The third-order valence-corrected chi connectivity index (χ3v) is 3.11. The number of anilines is 1. The molecule has 2 N–H and O–H groups in total. The monoisotopic (exact) mass is 251 g/mol. The molecule has 1 amide bonds. The second kappa shape index (κ2) is 4.72. The van der Waals surface area contributed by atoms with Crippen LogP contribution in [0.25, 0.3) is 0 Å². The van der Waals surface area contributed by atoms with Crippen molar-refractivity contribution in [3.05, 3.63) is 18.0 Å². The number of nitrogens with two attached hydrogens (primary N) is 1. The average molecular weight is 251 g/mol. The molecule has 0 aromatic carbocycles. The molecule has 0 atom stereocenters. The van der Waals surface area contributed by atoms with E-state index in [1.165, 1.54) is 17.7 Å². The zero-order valence-corrected chi connectivity index (χ0v) is 10.5. The van der Waals surface area contributed by atoms with Gasteiger partial charge in [-0.05, 0) is 18.9 Å². The number of rotatable bonds is 4. The van der Waals surface area contributed by atoms with Crippen molar-refractivity contribution in [1.29, 1.82) is 0 Å². The van der Waals surface area contributed by atoms with Crippen molar-refractivity contribution in [2.75, 3.05) is 19.9 Å². The topological polar surface area (TPSA) is 77.6 Å². The summed E-state index contributed by atoms with van der Waals surface area (Å²) in [5, 5.41) is 0. The highest BCUT2D eigenvalue weighted by molar-refractivity contribution is 5.89. The van der Waals surface area contributed by atoms with Gasteiger partial charge in [0.1, 0.15) is 12.2 Å². The van der Waals surface area contributed by atoms with Gasteiger partial charge in [-0.15, -0.1) is 0 Å². The van der Waals surface area contributed by atoms with Crippen molar-refractivity contribution in [2.24, 2.45) is 0 Å². The zero-order chi connectivity index (χ0) is 13.3. The Kier molecular flexibility index (Phi) is 3.27. The molecular formula is C12H17N3O3. The third kappa shape index (κ3) is 2.47. The predicted octanol–water partition coefficient (Wildman–Crippen LogP) is 0.478.